The van der Waals surface area contributed by atoms with Gasteiger partial charge in [0.25, 0.3) is 0 Å². The van der Waals surface area contributed by atoms with E-state index in [0.29, 0.717) is 19.0 Å². The second-order valence-corrected chi connectivity index (χ2v) is 7.99. The van der Waals surface area contributed by atoms with Crippen LogP contribution in [-0.4, -0.2) is 33.7 Å². The van der Waals surface area contributed by atoms with Gasteiger partial charge < -0.3 is 16.0 Å². The van der Waals surface area contributed by atoms with Crippen molar-refractivity contribution in [3.05, 3.63) is 35.1 Å². The first-order chi connectivity index (χ1) is 13.8. The predicted octanol–water partition coefficient (Wildman–Crippen LogP) is 4.63. The number of aromatic nitrogens is 2. The molecule has 1 saturated carbocycles. The number of nitrogens with two attached hydrogens (primary N) is 1. The van der Waals surface area contributed by atoms with Gasteiger partial charge in [-0.05, 0) is 52.0 Å². The summed E-state index contributed by atoms with van der Waals surface area (Å²) in [4.78, 5) is 14.8. The number of anilines is 1. The lowest BCUT2D eigenvalue weighted by atomic mass is 9.81. The van der Waals surface area contributed by atoms with Crippen LogP contribution in [0.4, 0.5) is 5.82 Å². The molecule has 1 aromatic rings. The molecule has 3 N–H and O–H groups in total. The van der Waals surface area contributed by atoms with Crippen molar-refractivity contribution < 1.29 is 4.79 Å². The van der Waals surface area contributed by atoms with Crippen LogP contribution in [0, 0.1) is 11.8 Å². The Morgan fingerprint density at radius 3 is 2.45 bits per heavy atom. The molecule has 0 unspecified atom stereocenters. The van der Waals surface area contributed by atoms with Crippen molar-refractivity contribution in [2.45, 2.75) is 59.9 Å². The molecule has 0 aromatic carbocycles. The van der Waals surface area contributed by atoms with Crippen LogP contribution in [0.25, 0.3) is 0 Å². The number of amides is 1. The summed E-state index contributed by atoms with van der Waals surface area (Å²) in [6.07, 6.45) is 7.72. The summed E-state index contributed by atoms with van der Waals surface area (Å²) in [5, 5.41) is 8.38. The Balaban J connectivity index is 0.000000527. The van der Waals surface area contributed by atoms with Crippen LogP contribution >= 0.6 is 11.6 Å². The molecule has 0 atom stereocenters. The molecule has 1 fully saturated rings. The maximum Gasteiger partial charge on any atom is 0.226 e. The second kappa shape index (κ2) is 12.7. The smallest absolute Gasteiger partial charge is 0.226 e. The molecule has 1 aliphatic heterocycles. The minimum atomic E-state index is 0.133. The Kier molecular flexibility index (Phi) is 11.1. The summed E-state index contributed by atoms with van der Waals surface area (Å²) < 4.78 is 1.79. The van der Waals surface area contributed by atoms with Crippen molar-refractivity contribution in [2.75, 3.05) is 18.4 Å². The van der Waals surface area contributed by atoms with Crippen molar-refractivity contribution in [2.24, 2.45) is 24.6 Å². The molecule has 0 saturated heterocycles. The molecule has 2 heterocycles. The van der Waals surface area contributed by atoms with Crippen molar-refractivity contribution in [3.8, 4) is 0 Å². The van der Waals surface area contributed by atoms with Gasteiger partial charge in [0.05, 0.1) is 19.3 Å². The van der Waals surface area contributed by atoms with Gasteiger partial charge in [-0.2, -0.15) is 5.10 Å². The lowest BCUT2D eigenvalue weighted by Gasteiger charge is -2.31. The number of fused-ring (bicyclic) bond motifs is 1. The molecule has 1 aliphatic carbocycles. The van der Waals surface area contributed by atoms with E-state index in [1.807, 2.05) is 51.9 Å². The molecule has 0 bridgehead atoms. The average Bonchev–Trinajstić information content (AvgIpc) is 2.98. The van der Waals surface area contributed by atoms with Gasteiger partial charge in [-0.25, -0.2) is 0 Å². The zero-order valence-electron chi connectivity index (χ0n) is 18.7. The van der Waals surface area contributed by atoms with Gasteiger partial charge in [0, 0.05) is 29.3 Å². The quantitative estimate of drug-likeness (QED) is 0.727. The van der Waals surface area contributed by atoms with E-state index >= 15 is 0 Å². The highest BCUT2D eigenvalue weighted by Gasteiger charge is 2.31. The molecule has 0 spiro atoms. The van der Waals surface area contributed by atoms with Gasteiger partial charge in [0.2, 0.25) is 5.91 Å². The molecule has 164 valence electrons. The van der Waals surface area contributed by atoms with Crippen LogP contribution in [-0.2, 0) is 18.4 Å². The van der Waals surface area contributed by atoms with Crippen molar-refractivity contribution in [1.29, 1.82) is 0 Å². The molecule has 29 heavy (non-hydrogen) atoms. The predicted molar refractivity (Wildman–Crippen MR) is 123 cm³/mol. The number of rotatable bonds is 2. The van der Waals surface area contributed by atoms with Crippen molar-refractivity contribution in [3.63, 3.8) is 0 Å². The van der Waals surface area contributed by atoms with Crippen molar-refractivity contribution >= 4 is 23.3 Å². The van der Waals surface area contributed by atoms with E-state index in [1.54, 1.807) is 4.68 Å². The highest BCUT2D eigenvalue weighted by Crippen LogP contribution is 2.31. The number of halogens is 1. The Bertz CT molecular complexity index is 685. The zero-order valence-corrected chi connectivity index (χ0v) is 19.4. The van der Waals surface area contributed by atoms with Crippen LogP contribution in [0.5, 0.6) is 0 Å². The minimum absolute atomic E-state index is 0.133. The molecular weight excluding hydrogens is 386 g/mol. The maximum atomic E-state index is 12.9. The molecule has 7 heteroatoms. The van der Waals surface area contributed by atoms with Gasteiger partial charge in [-0.1, -0.05) is 38.1 Å². The van der Waals surface area contributed by atoms with Gasteiger partial charge in [-0.3, -0.25) is 9.48 Å². The molecular formula is C22H38ClN5O. The van der Waals surface area contributed by atoms with E-state index in [-0.39, 0.29) is 11.8 Å². The number of allylic oxidation sites excluding steroid dienone is 2. The highest BCUT2D eigenvalue weighted by atomic mass is 35.5. The van der Waals surface area contributed by atoms with Crippen LogP contribution in [0.2, 0.25) is 0 Å². The number of hydrogen-bond acceptors (Lipinski definition) is 4. The summed E-state index contributed by atoms with van der Waals surface area (Å²) in [7, 11) is 1.89. The third-order valence-corrected chi connectivity index (χ3v) is 5.51. The van der Waals surface area contributed by atoms with E-state index in [1.165, 1.54) is 0 Å². The number of hydrogen-bond donors (Lipinski definition) is 2. The molecule has 6 nitrogen and oxygen atoms in total. The minimum Gasteiger partial charge on any atom is -0.343 e. The highest BCUT2D eigenvalue weighted by molar-refractivity contribution is 6.29. The molecule has 2 aliphatic rings. The first-order valence-electron chi connectivity index (χ1n) is 10.6. The Labute approximate surface area is 181 Å². The summed E-state index contributed by atoms with van der Waals surface area (Å²) in [5.74, 6) is 1.91. The summed E-state index contributed by atoms with van der Waals surface area (Å²) >= 11 is 5.32. The fourth-order valence-corrected chi connectivity index (χ4v) is 3.52. The van der Waals surface area contributed by atoms with Crippen LogP contribution in [0.1, 0.15) is 58.9 Å². The SMILES string of the molecule is C/C=C(\C)Cl.C=C1CN(C(=O)C2CCC(CN)CC2)Cc2cnn(C)c2N1.CC. The molecule has 0 radical (unpaired) electrons. The summed E-state index contributed by atoms with van der Waals surface area (Å²) in [6.45, 7) is 13.7. The largest absolute Gasteiger partial charge is 0.343 e. The average molecular weight is 424 g/mol. The third-order valence-electron chi connectivity index (χ3n) is 5.29. The van der Waals surface area contributed by atoms with E-state index in [0.717, 1.165) is 54.3 Å². The number of carbonyl (C=O) groups excluding carboxylic acids is 1. The Morgan fingerprint density at radius 1 is 1.34 bits per heavy atom. The number of carbonyl (C=O) groups is 1. The molecule has 1 amide bonds. The first kappa shape index (κ1) is 25.2. The van der Waals surface area contributed by atoms with Gasteiger partial charge in [0.1, 0.15) is 5.82 Å². The second-order valence-electron chi connectivity index (χ2n) is 7.39. The fraction of sp³-hybridized carbons (Fsp3) is 0.636. The fourth-order valence-electron chi connectivity index (χ4n) is 3.52. The first-order valence-corrected chi connectivity index (χ1v) is 11.0. The standard InChI is InChI=1S/C16H25N5O.C4H7Cl.C2H6/c1-11-9-21(10-14-8-18-20(2)15(14)19-11)16(22)13-5-3-12(7-17)4-6-13;1-3-4(2)5;1-2/h8,12-13,19H,1,3-7,9-10,17H2,2H3;3H,1-2H3;1-2H3/b;4-3+;. The van der Waals surface area contributed by atoms with Gasteiger partial charge in [0.15, 0.2) is 0 Å². The summed E-state index contributed by atoms with van der Waals surface area (Å²) in [5.41, 5.74) is 7.62. The topological polar surface area (TPSA) is 76.2 Å². The third kappa shape index (κ3) is 7.52. The van der Waals surface area contributed by atoms with Crippen LogP contribution in [0.15, 0.2) is 29.6 Å². The lowest BCUT2D eigenvalue weighted by molar-refractivity contribution is -0.137. The van der Waals surface area contributed by atoms with E-state index in [9.17, 15) is 4.79 Å². The number of nitrogens with one attached hydrogen (secondary N) is 1. The molecule has 1 aromatic heterocycles. The zero-order chi connectivity index (χ0) is 22.0. The normalized spacial score (nSPS) is 21.6. The monoisotopic (exact) mass is 423 g/mol. The molecule has 3 rings (SSSR count). The van der Waals surface area contributed by atoms with E-state index < -0.39 is 0 Å². The number of nitrogens with zero attached hydrogens (tertiary/aromatic N) is 3. The maximum absolute atomic E-state index is 12.9. The van der Waals surface area contributed by atoms with Crippen LogP contribution < -0.4 is 11.1 Å². The Hall–Kier alpha value is -1.79. The van der Waals surface area contributed by atoms with Gasteiger partial charge >= 0.3 is 0 Å². The number of aryl methyl sites for hydroxylation is 1. The van der Waals surface area contributed by atoms with E-state index in [2.05, 4.69) is 17.0 Å². The van der Waals surface area contributed by atoms with E-state index in [4.69, 9.17) is 17.3 Å². The Morgan fingerprint density at radius 2 is 1.93 bits per heavy atom. The summed E-state index contributed by atoms with van der Waals surface area (Å²) in [6, 6.07) is 0. The lowest BCUT2D eigenvalue weighted by Crippen LogP contribution is -2.38. The van der Waals surface area contributed by atoms with Gasteiger partial charge in [-0.15, -0.1) is 0 Å². The van der Waals surface area contributed by atoms with Crippen molar-refractivity contribution in [1.82, 2.24) is 14.7 Å². The van der Waals surface area contributed by atoms with Crippen LogP contribution in [0.3, 0.4) is 0 Å².